The lowest BCUT2D eigenvalue weighted by molar-refractivity contribution is 0.0948. The highest BCUT2D eigenvalue weighted by Gasteiger charge is 2.08. The maximum atomic E-state index is 12.2. The number of carbonyl (C=O) groups is 2. The van der Waals surface area contributed by atoms with E-state index in [1.807, 2.05) is 18.2 Å². The summed E-state index contributed by atoms with van der Waals surface area (Å²) in [6, 6.07) is 14.2. The molecule has 0 fully saturated rings. The summed E-state index contributed by atoms with van der Waals surface area (Å²) in [5.74, 6) is -0.313. The molecule has 2 rings (SSSR count). The first kappa shape index (κ1) is 18.4. The Morgan fingerprint density at radius 2 is 1.79 bits per heavy atom. The van der Waals surface area contributed by atoms with Crippen molar-refractivity contribution in [2.75, 3.05) is 25.6 Å². The van der Waals surface area contributed by atoms with Crippen LogP contribution in [0.25, 0.3) is 0 Å². The maximum absolute atomic E-state index is 12.2. The van der Waals surface area contributed by atoms with E-state index >= 15 is 0 Å². The second-order valence-corrected chi connectivity index (χ2v) is 6.39. The van der Waals surface area contributed by atoms with Gasteiger partial charge in [0.2, 0.25) is 0 Å². The summed E-state index contributed by atoms with van der Waals surface area (Å²) in [4.78, 5) is 24.1. The van der Waals surface area contributed by atoms with E-state index in [0.29, 0.717) is 30.0 Å². The number of rotatable bonds is 7. The third-order valence-electron chi connectivity index (χ3n) is 3.30. The number of halogens is 1. The summed E-state index contributed by atoms with van der Waals surface area (Å²) >= 11 is 2.16. The average molecular weight is 438 g/mol. The zero-order valence-corrected chi connectivity index (χ0v) is 15.5. The Balaban J connectivity index is 1.92. The van der Waals surface area contributed by atoms with Crippen LogP contribution in [0.4, 0.5) is 5.69 Å². The molecule has 0 saturated carbocycles. The van der Waals surface area contributed by atoms with Crippen molar-refractivity contribution in [2.45, 2.75) is 6.42 Å². The van der Waals surface area contributed by atoms with E-state index in [9.17, 15) is 9.59 Å². The molecule has 0 radical (unpaired) electrons. The van der Waals surface area contributed by atoms with Crippen LogP contribution in [0.3, 0.4) is 0 Å². The molecule has 2 amide bonds. The molecule has 126 valence electrons. The van der Waals surface area contributed by atoms with Gasteiger partial charge in [-0.1, -0.05) is 6.07 Å². The fraction of sp³-hybridized carbons (Fsp3) is 0.222. The summed E-state index contributed by atoms with van der Waals surface area (Å²) in [7, 11) is 1.63. The number of anilines is 1. The Kier molecular flexibility index (Phi) is 7.20. The molecule has 24 heavy (non-hydrogen) atoms. The van der Waals surface area contributed by atoms with Gasteiger partial charge in [0.05, 0.1) is 0 Å². The van der Waals surface area contributed by atoms with E-state index in [4.69, 9.17) is 4.74 Å². The molecule has 0 aliphatic carbocycles. The lowest BCUT2D eigenvalue weighted by atomic mass is 10.1. The Morgan fingerprint density at radius 3 is 2.46 bits per heavy atom. The lowest BCUT2D eigenvalue weighted by Gasteiger charge is -2.08. The van der Waals surface area contributed by atoms with Gasteiger partial charge in [-0.3, -0.25) is 9.59 Å². The van der Waals surface area contributed by atoms with Gasteiger partial charge in [0.15, 0.2) is 0 Å². The van der Waals surface area contributed by atoms with Crippen molar-refractivity contribution in [3.63, 3.8) is 0 Å². The minimum atomic E-state index is -0.176. The molecule has 0 atom stereocenters. The number of ether oxygens (including phenoxy) is 1. The summed E-state index contributed by atoms with van der Waals surface area (Å²) in [5.41, 5.74) is 1.80. The molecule has 2 N–H and O–H groups in total. The highest BCUT2D eigenvalue weighted by Crippen LogP contribution is 2.13. The first-order chi connectivity index (χ1) is 11.6. The van der Waals surface area contributed by atoms with Crippen LogP contribution in [0.5, 0.6) is 0 Å². The quantitative estimate of drug-likeness (QED) is 0.515. The van der Waals surface area contributed by atoms with Gasteiger partial charge < -0.3 is 15.4 Å². The van der Waals surface area contributed by atoms with E-state index in [-0.39, 0.29) is 11.8 Å². The smallest absolute Gasteiger partial charge is 0.255 e. The molecule has 0 unspecified atom stereocenters. The summed E-state index contributed by atoms with van der Waals surface area (Å²) in [6.45, 7) is 1.18. The second kappa shape index (κ2) is 9.39. The van der Waals surface area contributed by atoms with Crippen molar-refractivity contribution < 1.29 is 14.3 Å². The predicted octanol–water partition coefficient (Wildman–Crippen LogP) is 3.31. The highest BCUT2D eigenvalue weighted by molar-refractivity contribution is 14.1. The van der Waals surface area contributed by atoms with Gasteiger partial charge in [0, 0.05) is 40.6 Å². The molecule has 0 saturated heterocycles. The number of nitrogens with one attached hydrogen (secondary N) is 2. The minimum Gasteiger partial charge on any atom is -0.385 e. The van der Waals surface area contributed by atoms with Crippen molar-refractivity contribution in [3.05, 3.63) is 63.2 Å². The van der Waals surface area contributed by atoms with Crippen LogP contribution in [0.2, 0.25) is 0 Å². The predicted molar refractivity (Wildman–Crippen MR) is 102 cm³/mol. The van der Waals surface area contributed by atoms with Crippen LogP contribution in [0.15, 0.2) is 48.5 Å². The SMILES string of the molecule is COCCCNC(=O)c1ccc(NC(=O)c2cccc(I)c2)cc1. The van der Waals surface area contributed by atoms with E-state index < -0.39 is 0 Å². The fourth-order valence-electron chi connectivity index (χ4n) is 2.06. The lowest BCUT2D eigenvalue weighted by Crippen LogP contribution is -2.25. The normalized spacial score (nSPS) is 10.2. The molecule has 2 aromatic carbocycles. The zero-order chi connectivity index (χ0) is 17.4. The van der Waals surface area contributed by atoms with E-state index in [2.05, 4.69) is 33.2 Å². The van der Waals surface area contributed by atoms with Crippen LogP contribution in [0, 0.1) is 3.57 Å². The molecule has 0 aliphatic heterocycles. The molecule has 0 heterocycles. The van der Waals surface area contributed by atoms with Crippen molar-refractivity contribution >= 4 is 40.1 Å². The van der Waals surface area contributed by atoms with E-state index in [1.165, 1.54) is 0 Å². The Bertz CT molecular complexity index is 702. The second-order valence-electron chi connectivity index (χ2n) is 5.14. The van der Waals surface area contributed by atoms with Gasteiger partial charge in [0.1, 0.15) is 0 Å². The molecule has 0 spiro atoms. The van der Waals surface area contributed by atoms with Crippen LogP contribution < -0.4 is 10.6 Å². The number of methoxy groups -OCH3 is 1. The van der Waals surface area contributed by atoms with E-state index in [0.717, 1.165) is 9.99 Å². The van der Waals surface area contributed by atoms with E-state index in [1.54, 1.807) is 37.4 Å². The summed E-state index contributed by atoms with van der Waals surface area (Å²) in [6.07, 6.45) is 0.770. The fourth-order valence-corrected chi connectivity index (χ4v) is 2.60. The number of amides is 2. The Hall–Kier alpha value is -1.93. The molecular formula is C18H19IN2O3. The van der Waals surface area contributed by atoms with Crippen molar-refractivity contribution in [1.82, 2.24) is 5.32 Å². The number of hydrogen-bond donors (Lipinski definition) is 2. The van der Waals surface area contributed by atoms with Crippen LogP contribution in [-0.4, -0.2) is 32.1 Å². The van der Waals surface area contributed by atoms with Gasteiger partial charge in [0.25, 0.3) is 11.8 Å². The van der Waals surface area contributed by atoms with Gasteiger partial charge >= 0.3 is 0 Å². The molecule has 2 aromatic rings. The first-order valence-electron chi connectivity index (χ1n) is 7.54. The minimum absolute atomic E-state index is 0.137. The third kappa shape index (κ3) is 5.61. The molecular weight excluding hydrogens is 419 g/mol. The van der Waals surface area contributed by atoms with Crippen molar-refractivity contribution in [2.24, 2.45) is 0 Å². The Labute approximate surface area is 154 Å². The molecule has 6 heteroatoms. The Morgan fingerprint density at radius 1 is 1.04 bits per heavy atom. The zero-order valence-electron chi connectivity index (χ0n) is 13.3. The first-order valence-corrected chi connectivity index (χ1v) is 8.62. The monoisotopic (exact) mass is 438 g/mol. The van der Waals surface area contributed by atoms with Crippen LogP contribution in [0.1, 0.15) is 27.1 Å². The van der Waals surface area contributed by atoms with Crippen LogP contribution >= 0.6 is 22.6 Å². The molecule has 0 aliphatic rings. The number of hydrogen-bond acceptors (Lipinski definition) is 3. The number of carbonyl (C=O) groups excluding carboxylic acids is 2. The third-order valence-corrected chi connectivity index (χ3v) is 3.97. The van der Waals surface area contributed by atoms with Gasteiger partial charge in [-0.05, 0) is 71.5 Å². The number of benzene rings is 2. The van der Waals surface area contributed by atoms with Crippen molar-refractivity contribution in [3.8, 4) is 0 Å². The van der Waals surface area contributed by atoms with Crippen LogP contribution in [-0.2, 0) is 4.74 Å². The molecule has 5 nitrogen and oxygen atoms in total. The summed E-state index contributed by atoms with van der Waals surface area (Å²) < 4.78 is 5.93. The van der Waals surface area contributed by atoms with Crippen molar-refractivity contribution in [1.29, 1.82) is 0 Å². The largest absolute Gasteiger partial charge is 0.385 e. The highest BCUT2D eigenvalue weighted by atomic mass is 127. The summed E-state index contributed by atoms with van der Waals surface area (Å²) in [5, 5.41) is 5.64. The maximum Gasteiger partial charge on any atom is 0.255 e. The average Bonchev–Trinajstić information content (AvgIpc) is 2.59. The molecule has 0 bridgehead atoms. The van der Waals surface area contributed by atoms with Gasteiger partial charge in [-0.2, -0.15) is 0 Å². The topological polar surface area (TPSA) is 67.4 Å². The molecule has 0 aromatic heterocycles. The standard InChI is InChI=1S/C18H19IN2O3/c1-24-11-3-10-20-17(22)13-6-8-16(9-7-13)21-18(23)14-4-2-5-15(19)12-14/h2,4-9,12H,3,10-11H2,1H3,(H,20,22)(H,21,23). The van der Waals surface area contributed by atoms with Gasteiger partial charge in [-0.15, -0.1) is 0 Å². The van der Waals surface area contributed by atoms with Gasteiger partial charge in [-0.25, -0.2) is 0 Å².